The zero-order valence-electron chi connectivity index (χ0n) is 20.2. The number of ketones is 1. The number of rotatable bonds is 11. The highest BCUT2D eigenvalue weighted by atomic mass is 35.5. The van der Waals surface area contributed by atoms with Gasteiger partial charge in [-0.3, -0.25) is 14.4 Å². The molecule has 202 valence electrons. The second kappa shape index (κ2) is 12.7. The van der Waals surface area contributed by atoms with Crippen molar-refractivity contribution < 1.29 is 27.6 Å². The van der Waals surface area contributed by atoms with Crippen LogP contribution < -0.4 is 16.0 Å². The van der Waals surface area contributed by atoms with E-state index in [0.29, 0.717) is 36.4 Å². The number of hydrogen-bond donors (Lipinski definition) is 3. The Labute approximate surface area is 224 Å². The van der Waals surface area contributed by atoms with Crippen molar-refractivity contribution in [1.29, 1.82) is 0 Å². The first-order chi connectivity index (χ1) is 17.9. The molecule has 0 aliphatic rings. The Kier molecular flexibility index (Phi) is 9.69. The third kappa shape index (κ3) is 8.18. The first kappa shape index (κ1) is 28.9. The number of carbonyl (C=O) groups is 3. The summed E-state index contributed by atoms with van der Waals surface area (Å²) in [6.07, 6.45) is -0.610. The third-order valence-corrected chi connectivity index (χ3v) is 6.58. The van der Waals surface area contributed by atoms with Gasteiger partial charge in [0, 0.05) is 44.6 Å². The molecular weight excluding hydrogens is 547 g/mol. The van der Waals surface area contributed by atoms with Gasteiger partial charge in [0.25, 0.3) is 5.91 Å². The zero-order chi connectivity index (χ0) is 27.9. The van der Waals surface area contributed by atoms with E-state index in [1.165, 1.54) is 25.5 Å². The van der Waals surface area contributed by atoms with Gasteiger partial charge in [-0.2, -0.15) is 13.2 Å². The van der Waals surface area contributed by atoms with E-state index in [2.05, 4.69) is 35.9 Å². The number of nitrogens with one attached hydrogen (secondary N) is 3. The summed E-state index contributed by atoms with van der Waals surface area (Å²) in [6.45, 7) is 4.24. The van der Waals surface area contributed by atoms with Gasteiger partial charge in [0.15, 0.2) is 5.78 Å². The van der Waals surface area contributed by atoms with E-state index >= 15 is 0 Å². The van der Waals surface area contributed by atoms with E-state index < -0.39 is 22.7 Å². The minimum absolute atomic E-state index is 0.0568. The van der Waals surface area contributed by atoms with Crippen LogP contribution in [0, 0.1) is 0 Å². The molecule has 0 aromatic carbocycles. The molecule has 3 rings (SSSR count). The van der Waals surface area contributed by atoms with Crippen molar-refractivity contribution in [3.05, 3.63) is 57.0 Å². The fraction of sp³-hybridized carbons (Fsp3) is 0.348. The first-order valence-electron chi connectivity index (χ1n) is 11.3. The molecule has 0 bridgehead atoms. The van der Waals surface area contributed by atoms with Crippen molar-refractivity contribution in [2.24, 2.45) is 0 Å². The van der Waals surface area contributed by atoms with Crippen molar-refractivity contribution in [2.45, 2.75) is 38.8 Å². The summed E-state index contributed by atoms with van der Waals surface area (Å²) in [5, 5.41) is 7.97. The number of pyridine rings is 1. The number of amides is 2. The van der Waals surface area contributed by atoms with Gasteiger partial charge in [-0.25, -0.2) is 19.9 Å². The molecule has 0 aliphatic heterocycles. The van der Waals surface area contributed by atoms with E-state index in [1.807, 2.05) is 0 Å². The van der Waals surface area contributed by atoms with Crippen molar-refractivity contribution in [1.82, 2.24) is 25.3 Å². The minimum Gasteiger partial charge on any atom is -0.370 e. The molecule has 2 amide bonds. The van der Waals surface area contributed by atoms with Crippen molar-refractivity contribution >= 4 is 52.2 Å². The van der Waals surface area contributed by atoms with Crippen LogP contribution in [0.3, 0.4) is 0 Å². The third-order valence-electron chi connectivity index (χ3n) is 5.05. The van der Waals surface area contributed by atoms with Crippen molar-refractivity contribution in [2.75, 3.05) is 23.7 Å². The summed E-state index contributed by atoms with van der Waals surface area (Å²) in [5.74, 6) is -1.26. The van der Waals surface area contributed by atoms with Crippen LogP contribution in [-0.4, -0.2) is 50.6 Å². The molecular formula is C23H23ClF3N7O3S. The Morgan fingerprint density at radius 2 is 1.82 bits per heavy atom. The summed E-state index contributed by atoms with van der Waals surface area (Å²) in [7, 11) is 0. The quantitative estimate of drug-likeness (QED) is 0.225. The van der Waals surface area contributed by atoms with Crippen LogP contribution in [0.1, 0.15) is 63.3 Å². The van der Waals surface area contributed by atoms with E-state index in [1.54, 1.807) is 6.92 Å². The molecule has 1 unspecified atom stereocenters. The average Bonchev–Trinajstić information content (AvgIpc) is 3.35. The van der Waals surface area contributed by atoms with Gasteiger partial charge in [-0.1, -0.05) is 18.5 Å². The summed E-state index contributed by atoms with van der Waals surface area (Å²) in [6, 6.07) is 2.18. The van der Waals surface area contributed by atoms with Gasteiger partial charge in [-0.05, 0) is 12.5 Å². The van der Waals surface area contributed by atoms with Gasteiger partial charge < -0.3 is 16.0 Å². The number of alkyl halides is 3. The lowest BCUT2D eigenvalue weighted by Crippen LogP contribution is -2.22. The molecule has 15 heteroatoms. The number of Topliss-reactive ketones (excluding diaryl/α,β-unsaturated/α-hetero) is 1. The number of anilines is 2. The Morgan fingerprint density at radius 3 is 2.53 bits per heavy atom. The summed E-state index contributed by atoms with van der Waals surface area (Å²) < 4.78 is 39.2. The molecule has 3 aromatic heterocycles. The standard InChI is InChI=1S/C23H23ClF3N7O3S/c1-12(6-17(36)16-8-19(33-11-32-16)29-5-3-4-28-13(2)35)22-31-10-18(38-22)21(37)34-20-7-14(23(25,26)27)15(24)9-30-20/h7-12H,3-6H2,1-2H3,(H,28,35)(H,29,32,33)(H,30,34,37). The molecule has 0 saturated carbocycles. The number of thiazole rings is 1. The van der Waals surface area contributed by atoms with Crippen LogP contribution in [0.15, 0.2) is 30.9 Å². The Hall–Kier alpha value is -3.65. The monoisotopic (exact) mass is 569 g/mol. The molecule has 10 nitrogen and oxygen atoms in total. The Bertz CT molecular complexity index is 1320. The second-order valence-corrected chi connectivity index (χ2v) is 9.61. The van der Waals surface area contributed by atoms with Gasteiger partial charge >= 0.3 is 6.18 Å². The zero-order valence-corrected chi connectivity index (χ0v) is 21.8. The van der Waals surface area contributed by atoms with Crippen molar-refractivity contribution in [3.63, 3.8) is 0 Å². The lowest BCUT2D eigenvalue weighted by molar-refractivity contribution is -0.137. The maximum atomic E-state index is 13.1. The molecule has 0 aliphatic carbocycles. The van der Waals surface area contributed by atoms with Crippen molar-refractivity contribution in [3.8, 4) is 0 Å². The molecule has 0 fully saturated rings. The summed E-state index contributed by atoms with van der Waals surface area (Å²) in [5.41, 5.74) is -0.908. The van der Waals surface area contributed by atoms with Gasteiger partial charge in [0.1, 0.15) is 28.5 Å². The highest BCUT2D eigenvalue weighted by Gasteiger charge is 2.34. The van der Waals surface area contributed by atoms with E-state index in [-0.39, 0.29) is 40.4 Å². The van der Waals surface area contributed by atoms with E-state index in [9.17, 15) is 27.6 Å². The maximum absolute atomic E-state index is 13.1. The van der Waals surface area contributed by atoms with Crippen LogP contribution in [0.2, 0.25) is 5.02 Å². The number of hydrogen-bond acceptors (Lipinski definition) is 9. The minimum atomic E-state index is -4.70. The molecule has 38 heavy (non-hydrogen) atoms. The van der Waals surface area contributed by atoms with E-state index in [4.69, 9.17) is 11.6 Å². The molecule has 3 N–H and O–H groups in total. The largest absolute Gasteiger partial charge is 0.418 e. The second-order valence-electron chi connectivity index (χ2n) is 8.14. The van der Waals surface area contributed by atoms with E-state index in [0.717, 1.165) is 17.5 Å². The predicted molar refractivity (Wildman–Crippen MR) is 136 cm³/mol. The molecule has 3 aromatic rings. The number of aromatic nitrogens is 4. The molecule has 3 heterocycles. The smallest absolute Gasteiger partial charge is 0.370 e. The Morgan fingerprint density at radius 1 is 1.05 bits per heavy atom. The number of carbonyl (C=O) groups excluding carboxylic acids is 3. The van der Waals surface area contributed by atoms with Gasteiger partial charge in [0.05, 0.1) is 21.8 Å². The van der Waals surface area contributed by atoms with Crippen LogP contribution in [0.5, 0.6) is 0 Å². The molecule has 0 saturated heterocycles. The fourth-order valence-corrected chi connectivity index (χ4v) is 4.24. The summed E-state index contributed by atoms with van der Waals surface area (Å²) in [4.78, 5) is 52.4. The van der Waals surface area contributed by atoms with Crippen LogP contribution in [-0.2, 0) is 11.0 Å². The lowest BCUT2D eigenvalue weighted by Gasteiger charge is -2.10. The lowest BCUT2D eigenvalue weighted by atomic mass is 10.0. The fourth-order valence-electron chi connectivity index (χ4n) is 3.17. The van der Waals surface area contributed by atoms with Crippen LogP contribution in [0.25, 0.3) is 0 Å². The molecule has 0 radical (unpaired) electrons. The number of nitrogens with zero attached hydrogens (tertiary/aromatic N) is 4. The number of halogens is 4. The summed E-state index contributed by atoms with van der Waals surface area (Å²) >= 11 is 6.57. The Balaban J connectivity index is 1.58. The molecule has 0 spiro atoms. The average molecular weight is 570 g/mol. The highest BCUT2D eigenvalue weighted by molar-refractivity contribution is 7.13. The molecule has 1 atom stereocenters. The SMILES string of the molecule is CC(=O)NCCCNc1cc(C(=O)CC(C)c2ncc(C(=O)Nc3cc(C(F)(F)F)c(Cl)cn3)s2)ncn1. The van der Waals surface area contributed by atoms with Crippen LogP contribution in [0.4, 0.5) is 24.8 Å². The topological polar surface area (TPSA) is 139 Å². The maximum Gasteiger partial charge on any atom is 0.418 e. The predicted octanol–water partition coefficient (Wildman–Crippen LogP) is 4.57. The van der Waals surface area contributed by atoms with Crippen LogP contribution >= 0.6 is 22.9 Å². The normalized spacial score (nSPS) is 12.1. The highest BCUT2D eigenvalue weighted by Crippen LogP contribution is 2.35. The van der Waals surface area contributed by atoms with Gasteiger partial charge in [0.2, 0.25) is 5.91 Å². The van der Waals surface area contributed by atoms with Gasteiger partial charge in [-0.15, -0.1) is 11.3 Å². The first-order valence-corrected chi connectivity index (χ1v) is 12.5.